The molecular formula is C36H49N9O4. The third-order valence-corrected chi connectivity index (χ3v) is 8.87. The number of rotatable bonds is 13. The van der Waals surface area contributed by atoms with E-state index in [9.17, 15) is 9.59 Å². The van der Waals surface area contributed by atoms with Crippen LogP contribution in [0.5, 0.6) is 5.75 Å². The fraction of sp³-hybridized carbons (Fsp3) is 0.500. The van der Waals surface area contributed by atoms with E-state index in [0.29, 0.717) is 38.2 Å². The summed E-state index contributed by atoms with van der Waals surface area (Å²) >= 11 is 0. The number of nitrogens with zero attached hydrogens (tertiary/aromatic N) is 6. The van der Waals surface area contributed by atoms with Crippen molar-refractivity contribution < 1.29 is 19.1 Å². The first-order chi connectivity index (χ1) is 23.5. The first-order valence-electron chi connectivity index (χ1n) is 17.0. The normalized spacial score (nSPS) is 16.7. The van der Waals surface area contributed by atoms with Gasteiger partial charge in [0.05, 0.1) is 24.5 Å². The van der Waals surface area contributed by atoms with Crippen LogP contribution in [-0.2, 0) is 10.2 Å². The lowest BCUT2D eigenvalue weighted by Crippen LogP contribution is -2.37. The number of hydrogen-bond donors (Lipinski definition) is 3. The minimum atomic E-state index is -0.417. The SMILES string of the molecule is CCC(C)c1nnc2ccc(O[C@@H]3CC[C@H](NC(=O)Nc4cc(C(C)(C)C)nc(C(=O)NCCN(C)CCOC)n4)c4ccccc43)cn12. The van der Waals surface area contributed by atoms with Crippen molar-refractivity contribution in [2.45, 2.75) is 77.4 Å². The average molecular weight is 672 g/mol. The zero-order valence-electron chi connectivity index (χ0n) is 29.6. The minimum Gasteiger partial charge on any atom is -0.484 e. The van der Waals surface area contributed by atoms with Crippen molar-refractivity contribution in [3.8, 4) is 5.75 Å². The highest BCUT2D eigenvalue weighted by Gasteiger charge is 2.30. The van der Waals surface area contributed by atoms with Gasteiger partial charge >= 0.3 is 6.03 Å². The van der Waals surface area contributed by atoms with Gasteiger partial charge < -0.3 is 25.0 Å². The molecule has 3 aromatic heterocycles. The second kappa shape index (κ2) is 15.7. The second-order valence-electron chi connectivity index (χ2n) is 13.7. The van der Waals surface area contributed by atoms with Crippen molar-refractivity contribution in [3.63, 3.8) is 0 Å². The number of carbonyl (C=O) groups is 2. The fourth-order valence-corrected chi connectivity index (χ4v) is 5.77. The summed E-state index contributed by atoms with van der Waals surface area (Å²) in [5.74, 6) is 1.78. The van der Waals surface area contributed by atoms with Crippen LogP contribution in [0.4, 0.5) is 10.6 Å². The Bertz CT molecular complexity index is 1750. The summed E-state index contributed by atoms with van der Waals surface area (Å²) in [7, 11) is 3.62. The molecule has 1 aromatic carbocycles. The summed E-state index contributed by atoms with van der Waals surface area (Å²) in [4.78, 5) is 37.5. The Kier molecular flexibility index (Phi) is 11.5. The summed E-state index contributed by atoms with van der Waals surface area (Å²) in [6.07, 6.45) is 4.11. The number of carbonyl (C=O) groups excluding carboxylic acids is 2. The van der Waals surface area contributed by atoms with E-state index in [1.807, 2.05) is 74.8 Å². The summed E-state index contributed by atoms with van der Waals surface area (Å²) in [5, 5.41) is 17.6. The molecular weight excluding hydrogens is 622 g/mol. The standard InChI is InChI=1S/C36H49N9O4/c1-8-23(2)33-43-42-31-16-13-24(22-45(31)33)49-28-15-14-27(25-11-9-10-12-26(25)28)38-35(47)41-30-21-29(36(3,4)5)39-32(40-30)34(46)37-17-18-44(6)19-20-48-7/h9-13,16,21-23,27-28H,8,14-15,17-20H2,1-7H3,(H,37,46)(H2,38,39,40,41,47)/t23?,27-,28+/m0/s1. The number of hydrogen-bond acceptors (Lipinski definition) is 9. The molecule has 0 bridgehead atoms. The lowest BCUT2D eigenvalue weighted by atomic mass is 9.85. The first-order valence-corrected chi connectivity index (χ1v) is 17.0. The maximum atomic E-state index is 13.4. The molecule has 0 saturated heterocycles. The van der Waals surface area contributed by atoms with Crippen LogP contribution in [0.3, 0.4) is 0 Å². The van der Waals surface area contributed by atoms with Gasteiger partial charge in [-0.2, -0.15) is 0 Å². The molecule has 1 aliphatic rings. The van der Waals surface area contributed by atoms with Crippen LogP contribution in [0.1, 0.15) is 105 Å². The van der Waals surface area contributed by atoms with Crippen molar-refractivity contribution in [1.82, 2.24) is 40.1 Å². The summed E-state index contributed by atoms with van der Waals surface area (Å²) in [6, 6.07) is 12.9. The monoisotopic (exact) mass is 671 g/mol. The number of pyridine rings is 1. The van der Waals surface area contributed by atoms with Crippen molar-refractivity contribution in [2.24, 2.45) is 0 Å². The predicted octanol–water partition coefficient (Wildman–Crippen LogP) is 5.42. The predicted molar refractivity (Wildman–Crippen MR) is 188 cm³/mol. The Hall–Kier alpha value is -4.62. The van der Waals surface area contributed by atoms with Gasteiger partial charge in [0.15, 0.2) is 5.65 Å². The highest BCUT2D eigenvalue weighted by molar-refractivity contribution is 5.92. The Balaban J connectivity index is 1.27. The van der Waals surface area contributed by atoms with Gasteiger partial charge in [0.25, 0.3) is 5.91 Å². The molecule has 5 rings (SSSR count). The zero-order valence-corrected chi connectivity index (χ0v) is 29.6. The van der Waals surface area contributed by atoms with Crippen molar-refractivity contribution in [2.75, 3.05) is 45.7 Å². The third kappa shape index (κ3) is 8.90. The molecule has 3 atom stereocenters. The van der Waals surface area contributed by atoms with Crippen molar-refractivity contribution in [1.29, 1.82) is 0 Å². The molecule has 13 nitrogen and oxygen atoms in total. The van der Waals surface area contributed by atoms with Gasteiger partial charge in [-0.3, -0.25) is 14.5 Å². The van der Waals surface area contributed by atoms with E-state index in [4.69, 9.17) is 9.47 Å². The minimum absolute atomic E-state index is 0.00575. The van der Waals surface area contributed by atoms with Gasteiger partial charge in [-0.05, 0) is 49.6 Å². The number of urea groups is 1. The highest BCUT2D eigenvalue weighted by Crippen LogP contribution is 2.39. The number of likely N-dealkylation sites (N-methyl/N-ethyl adjacent to an activating group) is 1. The molecule has 1 aliphatic carbocycles. The lowest BCUT2D eigenvalue weighted by Gasteiger charge is -2.32. The van der Waals surface area contributed by atoms with Gasteiger partial charge in [-0.1, -0.05) is 58.9 Å². The molecule has 3 heterocycles. The van der Waals surface area contributed by atoms with Crippen LogP contribution in [0.2, 0.25) is 0 Å². The average Bonchev–Trinajstić information content (AvgIpc) is 3.51. The summed E-state index contributed by atoms with van der Waals surface area (Å²) < 4.78 is 13.7. The zero-order chi connectivity index (χ0) is 35.1. The second-order valence-corrected chi connectivity index (χ2v) is 13.7. The van der Waals surface area contributed by atoms with Crippen molar-refractivity contribution >= 4 is 23.4 Å². The van der Waals surface area contributed by atoms with Gasteiger partial charge in [0.2, 0.25) is 5.82 Å². The summed E-state index contributed by atoms with van der Waals surface area (Å²) in [6.45, 7) is 12.7. The maximum absolute atomic E-state index is 13.4. The Labute approximate surface area is 288 Å². The Morgan fingerprint density at radius 2 is 1.84 bits per heavy atom. The van der Waals surface area contributed by atoms with Crippen LogP contribution >= 0.6 is 0 Å². The number of amides is 3. The van der Waals surface area contributed by atoms with Crippen LogP contribution < -0.4 is 20.7 Å². The Morgan fingerprint density at radius 3 is 2.57 bits per heavy atom. The van der Waals surface area contributed by atoms with E-state index in [1.165, 1.54) is 0 Å². The van der Waals surface area contributed by atoms with Crippen LogP contribution in [0, 0.1) is 0 Å². The van der Waals surface area contributed by atoms with Crippen LogP contribution in [0.25, 0.3) is 5.65 Å². The largest absolute Gasteiger partial charge is 0.484 e. The van der Waals surface area contributed by atoms with Gasteiger partial charge in [0, 0.05) is 44.1 Å². The van der Waals surface area contributed by atoms with E-state index < -0.39 is 11.9 Å². The van der Waals surface area contributed by atoms with Gasteiger partial charge in [-0.25, -0.2) is 14.8 Å². The topological polar surface area (TPSA) is 148 Å². The van der Waals surface area contributed by atoms with Gasteiger partial charge in [0.1, 0.15) is 23.5 Å². The number of benzene rings is 1. The number of fused-ring (bicyclic) bond motifs is 2. The molecule has 0 saturated carbocycles. The lowest BCUT2D eigenvalue weighted by molar-refractivity contribution is 0.0936. The smallest absolute Gasteiger partial charge is 0.320 e. The van der Waals surface area contributed by atoms with Gasteiger partial charge in [-0.15, -0.1) is 10.2 Å². The molecule has 4 aromatic rings. The maximum Gasteiger partial charge on any atom is 0.320 e. The number of methoxy groups -OCH3 is 1. The molecule has 13 heteroatoms. The molecule has 262 valence electrons. The number of anilines is 1. The van der Waals surface area contributed by atoms with E-state index in [2.05, 4.69) is 54.9 Å². The fourth-order valence-electron chi connectivity index (χ4n) is 5.77. The van der Waals surface area contributed by atoms with Crippen LogP contribution in [-0.4, -0.2) is 81.8 Å². The molecule has 0 spiro atoms. The first kappa shape index (κ1) is 35.7. The number of aromatic nitrogens is 5. The third-order valence-electron chi connectivity index (χ3n) is 8.87. The summed E-state index contributed by atoms with van der Waals surface area (Å²) in [5.41, 5.74) is 3.07. The van der Waals surface area contributed by atoms with E-state index in [1.54, 1.807) is 13.2 Å². The molecule has 49 heavy (non-hydrogen) atoms. The molecule has 3 N–H and O–H groups in total. The van der Waals surface area contributed by atoms with Crippen LogP contribution in [0.15, 0.2) is 48.7 Å². The molecule has 1 unspecified atom stereocenters. The van der Waals surface area contributed by atoms with Crippen molar-refractivity contribution in [3.05, 3.63) is 77.1 Å². The van der Waals surface area contributed by atoms with E-state index in [0.717, 1.165) is 41.3 Å². The quantitative estimate of drug-likeness (QED) is 0.170. The highest BCUT2D eigenvalue weighted by atomic mass is 16.5. The Morgan fingerprint density at radius 1 is 1.06 bits per heavy atom. The molecule has 3 amide bonds. The molecule has 0 radical (unpaired) electrons. The van der Waals surface area contributed by atoms with E-state index in [-0.39, 0.29) is 35.1 Å². The molecule has 0 fully saturated rings. The number of ether oxygens (including phenoxy) is 2. The molecule has 0 aliphatic heterocycles. The van der Waals surface area contributed by atoms with E-state index >= 15 is 0 Å². The number of nitrogens with one attached hydrogen (secondary N) is 3.